The summed E-state index contributed by atoms with van der Waals surface area (Å²) in [4.78, 5) is 25.3. The minimum Gasteiger partial charge on any atom is -0.486 e. The zero-order chi connectivity index (χ0) is 21.6. The molecular formula is C24H24N2O5. The Hall–Kier alpha value is -3.74. The first-order chi connectivity index (χ1) is 15.1. The Kier molecular flexibility index (Phi) is 6.21. The van der Waals surface area contributed by atoms with Crippen molar-refractivity contribution in [3.8, 4) is 17.2 Å². The maximum Gasteiger partial charge on any atom is 0.271 e. The van der Waals surface area contributed by atoms with Gasteiger partial charge in [-0.2, -0.15) is 0 Å². The van der Waals surface area contributed by atoms with E-state index in [0.29, 0.717) is 25.3 Å². The van der Waals surface area contributed by atoms with Crippen molar-refractivity contribution in [1.29, 1.82) is 0 Å². The fourth-order valence-electron chi connectivity index (χ4n) is 3.37. The number of carbonyl (C=O) groups excluding carboxylic acids is 1. The van der Waals surface area contributed by atoms with Crippen molar-refractivity contribution in [2.24, 2.45) is 7.05 Å². The van der Waals surface area contributed by atoms with E-state index >= 15 is 0 Å². The molecule has 0 bridgehead atoms. The van der Waals surface area contributed by atoms with Crippen LogP contribution in [0.15, 0.2) is 71.7 Å². The first kappa shape index (κ1) is 20.5. The molecule has 7 heteroatoms. The van der Waals surface area contributed by atoms with E-state index in [1.807, 2.05) is 54.6 Å². The van der Waals surface area contributed by atoms with E-state index in [1.165, 1.54) is 6.07 Å². The van der Waals surface area contributed by atoms with E-state index < -0.39 is 0 Å². The minimum atomic E-state index is -0.375. The third kappa shape index (κ3) is 4.88. The van der Waals surface area contributed by atoms with Crippen LogP contribution in [0.25, 0.3) is 0 Å². The predicted octanol–water partition coefficient (Wildman–Crippen LogP) is 2.92. The van der Waals surface area contributed by atoms with Crippen LogP contribution < -0.4 is 25.0 Å². The summed E-state index contributed by atoms with van der Waals surface area (Å²) in [5.41, 5.74) is 0.767. The maximum absolute atomic E-state index is 12.9. The lowest BCUT2D eigenvalue weighted by Gasteiger charge is -2.26. The largest absolute Gasteiger partial charge is 0.486 e. The third-order valence-electron chi connectivity index (χ3n) is 5.00. The number of benzene rings is 2. The van der Waals surface area contributed by atoms with E-state index in [1.54, 1.807) is 17.8 Å². The summed E-state index contributed by atoms with van der Waals surface area (Å²) in [6.45, 7) is 0.991. The van der Waals surface area contributed by atoms with Crippen molar-refractivity contribution in [2.45, 2.75) is 19.1 Å². The molecule has 31 heavy (non-hydrogen) atoms. The lowest BCUT2D eigenvalue weighted by atomic mass is 10.2. The van der Waals surface area contributed by atoms with Gasteiger partial charge in [0.15, 0.2) is 22.9 Å². The van der Waals surface area contributed by atoms with Crippen molar-refractivity contribution >= 4 is 5.91 Å². The quantitative estimate of drug-likeness (QED) is 0.636. The number of pyridine rings is 1. The number of fused-ring (bicyclic) bond motifs is 1. The Morgan fingerprint density at radius 2 is 1.84 bits per heavy atom. The second-order valence-electron chi connectivity index (χ2n) is 7.29. The molecule has 7 nitrogen and oxygen atoms in total. The van der Waals surface area contributed by atoms with Gasteiger partial charge in [0.25, 0.3) is 5.91 Å². The molecule has 0 saturated heterocycles. The van der Waals surface area contributed by atoms with Crippen LogP contribution in [0, 0.1) is 0 Å². The van der Waals surface area contributed by atoms with Crippen LogP contribution in [0.1, 0.15) is 22.5 Å². The number of aryl methyl sites for hydroxylation is 1. The van der Waals surface area contributed by atoms with E-state index in [0.717, 1.165) is 11.3 Å². The highest BCUT2D eigenvalue weighted by Crippen LogP contribution is 2.31. The van der Waals surface area contributed by atoms with Crippen LogP contribution in [0.2, 0.25) is 0 Å². The summed E-state index contributed by atoms with van der Waals surface area (Å²) in [6.07, 6.45) is 1.96. The molecule has 1 N–H and O–H groups in total. The molecule has 3 aromatic rings. The molecule has 4 rings (SSSR count). The van der Waals surface area contributed by atoms with Crippen LogP contribution in [0.4, 0.5) is 0 Å². The minimum absolute atomic E-state index is 0.0394. The zero-order valence-electron chi connectivity index (χ0n) is 17.2. The van der Waals surface area contributed by atoms with Gasteiger partial charge in [0, 0.05) is 32.3 Å². The summed E-state index contributed by atoms with van der Waals surface area (Å²) in [7, 11) is 1.71. The molecule has 1 amide bonds. The number of nitrogens with zero attached hydrogens (tertiary/aromatic N) is 1. The average Bonchev–Trinajstić information content (AvgIpc) is 2.80. The van der Waals surface area contributed by atoms with Crippen molar-refractivity contribution in [1.82, 2.24) is 9.88 Å². The molecule has 1 atom stereocenters. The molecule has 160 valence electrons. The highest BCUT2D eigenvalue weighted by molar-refractivity contribution is 5.95. The van der Waals surface area contributed by atoms with Crippen LogP contribution in [0.5, 0.6) is 17.2 Å². The Bertz CT molecular complexity index is 1110. The van der Waals surface area contributed by atoms with E-state index in [-0.39, 0.29) is 35.5 Å². The number of carbonyl (C=O) groups is 1. The Morgan fingerprint density at radius 1 is 1.10 bits per heavy atom. The van der Waals surface area contributed by atoms with Crippen LogP contribution >= 0.6 is 0 Å². The maximum atomic E-state index is 12.9. The second-order valence-corrected chi connectivity index (χ2v) is 7.29. The zero-order valence-corrected chi connectivity index (χ0v) is 17.2. The van der Waals surface area contributed by atoms with Gasteiger partial charge in [-0.1, -0.05) is 42.5 Å². The highest BCUT2D eigenvalue weighted by atomic mass is 16.6. The highest BCUT2D eigenvalue weighted by Gasteiger charge is 2.22. The Balaban J connectivity index is 1.39. The van der Waals surface area contributed by atoms with E-state index in [4.69, 9.17) is 14.2 Å². The summed E-state index contributed by atoms with van der Waals surface area (Å²) >= 11 is 0. The lowest BCUT2D eigenvalue weighted by Crippen LogP contribution is -2.35. The number of amides is 1. The molecule has 0 saturated carbocycles. The first-order valence-corrected chi connectivity index (χ1v) is 10.1. The SMILES string of the molecule is Cn1ccc(=O)c(OCc2ccccc2)c1C(=O)NCCC1COc2ccccc2O1. The monoisotopic (exact) mass is 420 g/mol. The number of nitrogens with one attached hydrogen (secondary N) is 1. The van der Waals surface area contributed by atoms with Crippen molar-refractivity contribution in [3.63, 3.8) is 0 Å². The molecule has 1 aromatic heterocycles. The second kappa shape index (κ2) is 9.38. The molecule has 1 aliphatic rings. The van der Waals surface area contributed by atoms with Gasteiger partial charge in [-0.25, -0.2) is 0 Å². The number of ether oxygens (including phenoxy) is 3. The predicted molar refractivity (Wildman–Crippen MR) is 116 cm³/mol. The summed E-state index contributed by atoms with van der Waals surface area (Å²) in [6, 6.07) is 18.4. The number of rotatable bonds is 7. The van der Waals surface area contributed by atoms with Gasteiger partial charge in [0.2, 0.25) is 5.43 Å². The van der Waals surface area contributed by atoms with Gasteiger partial charge in [-0.3, -0.25) is 9.59 Å². The Morgan fingerprint density at radius 3 is 2.65 bits per heavy atom. The van der Waals surface area contributed by atoms with E-state index in [9.17, 15) is 9.59 Å². The molecule has 2 aromatic carbocycles. The van der Waals surface area contributed by atoms with Crippen LogP contribution in [-0.4, -0.2) is 29.7 Å². The van der Waals surface area contributed by atoms with Gasteiger partial charge < -0.3 is 24.1 Å². The average molecular weight is 420 g/mol. The first-order valence-electron chi connectivity index (χ1n) is 10.1. The Labute approximate surface area is 180 Å². The van der Waals surface area contributed by atoms with Crippen molar-refractivity contribution in [3.05, 3.63) is 88.3 Å². The summed E-state index contributed by atoms with van der Waals surface area (Å²) in [5.74, 6) is 1.09. The standard InChI is InChI=1S/C24H24N2O5/c1-26-14-12-19(27)23(30-15-17-7-3-2-4-8-17)22(26)24(28)25-13-11-18-16-29-20-9-5-6-10-21(20)31-18/h2-10,12,14,18H,11,13,15-16H2,1H3,(H,25,28). The number of para-hydroxylation sites is 2. The van der Waals surface area contributed by atoms with Gasteiger partial charge in [-0.05, 0) is 17.7 Å². The van der Waals surface area contributed by atoms with Crippen LogP contribution in [0.3, 0.4) is 0 Å². The normalized spacial score (nSPS) is 14.7. The van der Waals surface area contributed by atoms with Crippen LogP contribution in [-0.2, 0) is 13.7 Å². The van der Waals surface area contributed by atoms with Crippen molar-refractivity contribution < 1.29 is 19.0 Å². The molecule has 1 unspecified atom stereocenters. The number of hydrogen-bond acceptors (Lipinski definition) is 5. The molecule has 0 aliphatic carbocycles. The lowest BCUT2D eigenvalue weighted by molar-refractivity contribution is 0.0808. The summed E-state index contributed by atoms with van der Waals surface area (Å²) in [5, 5.41) is 2.86. The van der Waals surface area contributed by atoms with Gasteiger partial charge in [-0.15, -0.1) is 0 Å². The number of aromatic nitrogens is 1. The number of hydrogen-bond donors (Lipinski definition) is 1. The topological polar surface area (TPSA) is 78.8 Å². The molecule has 0 radical (unpaired) electrons. The summed E-state index contributed by atoms with van der Waals surface area (Å²) < 4.78 is 19.0. The third-order valence-corrected chi connectivity index (χ3v) is 5.00. The molecule has 0 fully saturated rings. The fraction of sp³-hybridized carbons (Fsp3) is 0.250. The molecule has 0 spiro atoms. The fourth-order valence-corrected chi connectivity index (χ4v) is 3.37. The smallest absolute Gasteiger partial charge is 0.271 e. The van der Waals surface area contributed by atoms with Crippen molar-refractivity contribution in [2.75, 3.05) is 13.2 Å². The van der Waals surface area contributed by atoms with Gasteiger partial charge in [0.05, 0.1) is 0 Å². The molecule has 1 aliphatic heterocycles. The van der Waals surface area contributed by atoms with E-state index in [2.05, 4.69) is 5.32 Å². The molecule has 2 heterocycles. The van der Waals surface area contributed by atoms with Gasteiger partial charge in [0.1, 0.15) is 19.3 Å². The van der Waals surface area contributed by atoms with Gasteiger partial charge >= 0.3 is 0 Å². The molecular weight excluding hydrogens is 396 g/mol.